The van der Waals surface area contributed by atoms with Crippen molar-refractivity contribution in [1.29, 1.82) is 0 Å². The molecule has 4 aromatic rings. The second kappa shape index (κ2) is 8.73. The minimum Gasteiger partial charge on any atom is -0.492 e. The summed E-state index contributed by atoms with van der Waals surface area (Å²) in [5.41, 5.74) is 2.08. The first kappa shape index (κ1) is 20.8. The number of carbonyl (C=O) groups is 1. The van der Waals surface area contributed by atoms with Crippen LogP contribution in [0.2, 0.25) is 0 Å². The molecule has 31 heavy (non-hydrogen) atoms. The predicted octanol–water partition coefficient (Wildman–Crippen LogP) is 4.59. The van der Waals surface area contributed by atoms with Gasteiger partial charge in [0.25, 0.3) is 0 Å². The van der Waals surface area contributed by atoms with Gasteiger partial charge < -0.3 is 19.7 Å². The Balaban J connectivity index is 1.48. The molecule has 0 saturated carbocycles. The molecule has 0 aliphatic rings. The largest absolute Gasteiger partial charge is 0.492 e. The molecular weight excluding hydrogens is 419 g/mol. The van der Waals surface area contributed by atoms with Crippen molar-refractivity contribution in [3.05, 3.63) is 59.1 Å². The lowest BCUT2D eigenvalue weighted by Gasteiger charge is -2.08. The zero-order valence-electron chi connectivity index (χ0n) is 17.1. The van der Waals surface area contributed by atoms with E-state index in [4.69, 9.17) is 4.74 Å². The molecule has 9 heteroatoms. The molecule has 1 aromatic carbocycles. The van der Waals surface area contributed by atoms with Gasteiger partial charge in [-0.1, -0.05) is 0 Å². The molecule has 0 aliphatic heterocycles. The Hall–Kier alpha value is -3.46. The van der Waals surface area contributed by atoms with Crippen LogP contribution in [-0.2, 0) is 13.5 Å². The number of nitrogens with one attached hydrogen (secondary N) is 1. The molecular formula is C22H21FN4O3S. The van der Waals surface area contributed by atoms with Crippen LogP contribution in [0.1, 0.15) is 22.2 Å². The standard InChI is InChI=1S/C22H21FN4O3S/c1-3-30-18-11-19(31-21(18)22(28)29)16-10-20(26-12-25-16)24-6-4-13-8-14-5-7-27(2)17(14)9-15(13)23/h5,7-12H,3-4,6H2,1-2H3,(H,28,29)(H,24,25,26). The average Bonchev–Trinajstić information content (AvgIpc) is 3.33. The molecule has 0 amide bonds. The number of aromatic nitrogens is 3. The van der Waals surface area contributed by atoms with Gasteiger partial charge in [0.15, 0.2) is 4.88 Å². The summed E-state index contributed by atoms with van der Waals surface area (Å²) in [5.74, 6) is -0.364. The van der Waals surface area contributed by atoms with Crippen molar-refractivity contribution < 1.29 is 19.0 Å². The molecule has 0 saturated heterocycles. The van der Waals surface area contributed by atoms with E-state index >= 15 is 0 Å². The maximum atomic E-state index is 14.4. The third-order valence-corrected chi connectivity index (χ3v) is 5.99. The van der Waals surface area contributed by atoms with Gasteiger partial charge in [0.05, 0.1) is 22.7 Å². The molecule has 3 heterocycles. The topological polar surface area (TPSA) is 89.3 Å². The van der Waals surface area contributed by atoms with Gasteiger partial charge >= 0.3 is 5.97 Å². The van der Waals surface area contributed by atoms with Gasteiger partial charge in [-0.2, -0.15) is 0 Å². The van der Waals surface area contributed by atoms with Crippen molar-refractivity contribution in [2.24, 2.45) is 7.05 Å². The second-order valence-electron chi connectivity index (χ2n) is 6.94. The van der Waals surface area contributed by atoms with Gasteiger partial charge in [0.1, 0.15) is 23.7 Å². The average molecular weight is 441 g/mol. The first-order valence-electron chi connectivity index (χ1n) is 9.76. The van der Waals surface area contributed by atoms with Crippen LogP contribution >= 0.6 is 11.3 Å². The van der Waals surface area contributed by atoms with Crippen LogP contribution in [0.25, 0.3) is 21.5 Å². The highest BCUT2D eigenvalue weighted by Gasteiger charge is 2.18. The van der Waals surface area contributed by atoms with Gasteiger partial charge in [-0.05, 0) is 37.1 Å². The first-order valence-corrected chi connectivity index (χ1v) is 10.6. The lowest BCUT2D eigenvalue weighted by molar-refractivity contribution is 0.0698. The number of halogens is 1. The van der Waals surface area contributed by atoms with Crippen LogP contribution < -0.4 is 10.1 Å². The lowest BCUT2D eigenvalue weighted by atomic mass is 10.1. The summed E-state index contributed by atoms with van der Waals surface area (Å²) < 4.78 is 21.7. The SMILES string of the molecule is CCOc1cc(-c2cc(NCCc3cc4ccn(C)c4cc3F)ncn2)sc1C(=O)O. The van der Waals surface area contributed by atoms with Crippen LogP contribution in [0.5, 0.6) is 5.75 Å². The van der Waals surface area contributed by atoms with Crippen LogP contribution in [0.3, 0.4) is 0 Å². The molecule has 0 aliphatic carbocycles. The molecule has 2 N–H and O–H groups in total. The van der Waals surface area contributed by atoms with Crippen molar-refractivity contribution in [3.8, 4) is 16.3 Å². The number of aromatic carboxylic acids is 1. The fourth-order valence-corrected chi connectivity index (χ4v) is 4.26. The van der Waals surface area contributed by atoms with E-state index in [1.807, 2.05) is 29.9 Å². The summed E-state index contributed by atoms with van der Waals surface area (Å²) >= 11 is 1.10. The Morgan fingerprint density at radius 3 is 2.90 bits per heavy atom. The van der Waals surface area contributed by atoms with Crippen molar-refractivity contribution in [1.82, 2.24) is 14.5 Å². The number of rotatable bonds is 8. The van der Waals surface area contributed by atoms with E-state index in [1.165, 1.54) is 6.33 Å². The smallest absolute Gasteiger partial charge is 0.349 e. The zero-order valence-corrected chi connectivity index (χ0v) is 17.9. The quantitative estimate of drug-likeness (QED) is 0.417. The summed E-state index contributed by atoms with van der Waals surface area (Å²) in [6.07, 6.45) is 3.81. The van der Waals surface area contributed by atoms with Gasteiger partial charge in [-0.3, -0.25) is 0 Å². The highest BCUT2D eigenvalue weighted by molar-refractivity contribution is 7.17. The number of ether oxygens (including phenoxy) is 1. The highest BCUT2D eigenvalue weighted by Crippen LogP contribution is 2.36. The van der Waals surface area contributed by atoms with Crippen LogP contribution in [0.15, 0.2) is 42.9 Å². The number of fused-ring (bicyclic) bond motifs is 1. The van der Waals surface area contributed by atoms with E-state index in [0.29, 0.717) is 47.3 Å². The number of hydrogen-bond acceptors (Lipinski definition) is 6. The van der Waals surface area contributed by atoms with E-state index in [2.05, 4.69) is 15.3 Å². The van der Waals surface area contributed by atoms with Gasteiger partial charge in [0, 0.05) is 37.3 Å². The highest BCUT2D eigenvalue weighted by atomic mass is 32.1. The number of anilines is 1. The van der Waals surface area contributed by atoms with Gasteiger partial charge in [0.2, 0.25) is 0 Å². The summed E-state index contributed by atoms with van der Waals surface area (Å²) in [7, 11) is 1.89. The molecule has 3 aromatic heterocycles. The normalized spacial score (nSPS) is 11.1. The van der Waals surface area contributed by atoms with Crippen molar-refractivity contribution >= 4 is 34.0 Å². The number of benzene rings is 1. The lowest BCUT2D eigenvalue weighted by Crippen LogP contribution is -2.08. The van der Waals surface area contributed by atoms with E-state index < -0.39 is 5.97 Å². The van der Waals surface area contributed by atoms with Crippen LogP contribution in [0.4, 0.5) is 10.2 Å². The number of aryl methyl sites for hydroxylation is 1. The Kier molecular flexibility index (Phi) is 5.85. The minimum absolute atomic E-state index is 0.136. The Morgan fingerprint density at radius 2 is 2.13 bits per heavy atom. The van der Waals surface area contributed by atoms with Crippen molar-refractivity contribution in [2.75, 3.05) is 18.5 Å². The van der Waals surface area contributed by atoms with Crippen molar-refractivity contribution in [3.63, 3.8) is 0 Å². The summed E-state index contributed by atoms with van der Waals surface area (Å²) in [6, 6.07) is 8.80. The maximum Gasteiger partial charge on any atom is 0.349 e. The predicted molar refractivity (Wildman–Crippen MR) is 119 cm³/mol. The maximum absolute atomic E-state index is 14.4. The molecule has 0 bridgehead atoms. The summed E-state index contributed by atoms with van der Waals surface area (Å²) in [4.78, 5) is 20.7. The van der Waals surface area contributed by atoms with E-state index in [-0.39, 0.29) is 10.7 Å². The fraction of sp³-hybridized carbons (Fsp3) is 0.227. The van der Waals surface area contributed by atoms with Gasteiger partial charge in [-0.25, -0.2) is 19.2 Å². The number of carboxylic acid groups (broad SMARTS) is 1. The molecule has 0 fully saturated rings. The zero-order chi connectivity index (χ0) is 22.0. The van der Waals surface area contributed by atoms with Crippen LogP contribution in [0, 0.1) is 5.82 Å². The molecule has 0 spiro atoms. The molecule has 7 nitrogen and oxygen atoms in total. The van der Waals surface area contributed by atoms with E-state index in [0.717, 1.165) is 22.2 Å². The first-order chi connectivity index (χ1) is 15.0. The molecule has 0 atom stereocenters. The number of nitrogens with zero attached hydrogens (tertiary/aromatic N) is 3. The fourth-order valence-electron chi connectivity index (χ4n) is 3.36. The number of hydrogen-bond donors (Lipinski definition) is 2. The molecule has 4 rings (SSSR count). The minimum atomic E-state index is -1.04. The second-order valence-corrected chi connectivity index (χ2v) is 7.99. The Morgan fingerprint density at radius 1 is 1.29 bits per heavy atom. The van der Waals surface area contributed by atoms with E-state index in [1.54, 1.807) is 25.1 Å². The number of thiophene rings is 1. The van der Waals surface area contributed by atoms with Crippen LogP contribution in [-0.4, -0.2) is 38.8 Å². The Bertz CT molecular complexity index is 1250. The van der Waals surface area contributed by atoms with E-state index in [9.17, 15) is 14.3 Å². The summed E-state index contributed by atoms with van der Waals surface area (Å²) in [6.45, 7) is 2.66. The monoisotopic (exact) mass is 440 g/mol. The van der Waals surface area contributed by atoms with Crippen molar-refractivity contribution in [2.45, 2.75) is 13.3 Å². The molecule has 160 valence electrons. The third-order valence-electron chi connectivity index (χ3n) is 4.87. The number of carboxylic acids is 1. The van der Waals surface area contributed by atoms with Gasteiger partial charge in [-0.15, -0.1) is 11.3 Å². The Labute approximate surface area is 182 Å². The summed E-state index contributed by atoms with van der Waals surface area (Å²) in [5, 5.41) is 13.6. The molecule has 0 radical (unpaired) electrons. The third kappa shape index (κ3) is 4.36. The molecule has 0 unspecified atom stereocenters.